The third-order valence-electron chi connectivity index (χ3n) is 3.54. The van der Waals surface area contributed by atoms with E-state index in [0.717, 1.165) is 24.3 Å². The molecular weight excluding hydrogens is 292 g/mol. The summed E-state index contributed by atoms with van der Waals surface area (Å²) in [6.07, 6.45) is 2.00. The standard InChI is InChI=1S/C14H26N2O2S2/c1-5-8-15-10-13-14(7-9-19-13)20(17,18)16-12(4)11(3)6-2/h7,9,11-12,15-16H,5-6,8,10H2,1-4H3. The Morgan fingerprint density at radius 3 is 2.60 bits per heavy atom. The van der Waals surface area contributed by atoms with Crippen LogP contribution in [0, 0.1) is 5.92 Å². The molecule has 0 aliphatic rings. The van der Waals surface area contributed by atoms with E-state index in [1.165, 1.54) is 11.3 Å². The second kappa shape index (κ2) is 8.12. The third kappa shape index (κ3) is 4.84. The highest BCUT2D eigenvalue weighted by molar-refractivity contribution is 7.89. The summed E-state index contributed by atoms with van der Waals surface area (Å²) >= 11 is 1.49. The average molecular weight is 319 g/mol. The maximum absolute atomic E-state index is 12.4. The largest absolute Gasteiger partial charge is 0.312 e. The van der Waals surface area contributed by atoms with Gasteiger partial charge in [-0.25, -0.2) is 13.1 Å². The van der Waals surface area contributed by atoms with Gasteiger partial charge in [0.25, 0.3) is 0 Å². The van der Waals surface area contributed by atoms with E-state index in [1.54, 1.807) is 6.07 Å². The lowest BCUT2D eigenvalue weighted by Crippen LogP contribution is -2.37. The fourth-order valence-electron chi connectivity index (χ4n) is 1.85. The molecule has 0 fully saturated rings. The Bertz CT molecular complexity index is 497. The molecule has 0 saturated heterocycles. The van der Waals surface area contributed by atoms with Crippen LogP contribution in [0.3, 0.4) is 0 Å². The Morgan fingerprint density at radius 2 is 2.00 bits per heavy atom. The summed E-state index contributed by atoms with van der Waals surface area (Å²) in [4.78, 5) is 1.29. The molecule has 4 nitrogen and oxygen atoms in total. The van der Waals surface area contributed by atoms with Gasteiger partial charge in [0.15, 0.2) is 0 Å². The average Bonchev–Trinajstić information content (AvgIpc) is 2.87. The van der Waals surface area contributed by atoms with Crippen molar-refractivity contribution in [1.29, 1.82) is 0 Å². The van der Waals surface area contributed by atoms with Crippen molar-refractivity contribution in [3.8, 4) is 0 Å². The molecule has 2 atom stereocenters. The van der Waals surface area contributed by atoms with E-state index in [9.17, 15) is 8.42 Å². The zero-order valence-electron chi connectivity index (χ0n) is 12.8. The van der Waals surface area contributed by atoms with Crippen molar-refractivity contribution in [3.63, 3.8) is 0 Å². The lowest BCUT2D eigenvalue weighted by atomic mass is 10.0. The van der Waals surface area contributed by atoms with E-state index in [4.69, 9.17) is 0 Å². The Labute approximate surface area is 127 Å². The lowest BCUT2D eigenvalue weighted by Gasteiger charge is -2.20. The maximum atomic E-state index is 12.4. The first kappa shape index (κ1) is 17.6. The smallest absolute Gasteiger partial charge is 0.241 e. The van der Waals surface area contributed by atoms with Crippen molar-refractivity contribution in [2.45, 2.75) is 58.0 Å². The SMILES string of the molecule is CCCNCc1sccc1S(=O)(=O)NC(C)C(C)CC. The fraction of sp³-hybridized carbons (Fsp3) is 0.714. The molecule has 0 amide bonds. The summed E-state index contributed by atoms with van der Waals surface area (Å²) < 4.78 is 27.7. The number of sulfonamides is 1. The van der Waals surface area contributed by atoms with Gasteiger partial charge in [-0.2, -0.15) is 0 Å². The van der Waals surface area contributed by atoms with E-state index in [0.29, 0.717) is 17.4 Å². The Kier molecular flexibility index (Phi) is 7.15. The molecule has 0 aliphatic heterocycles. The lowest BCUT2D eigenvalue weighted by molar-refractivity contribution is 0.434. The van der Waals surface area contributed by atoms with Gasteiger partial charge >= 0.3 is 0 Å². The number of hydrogen-bond donors (Lipinski definition) is 2. The second-order valence-electron chi connectivity index (χ2n) is 5.18. The molecule has 1 aromatic heterocycles. The van der Waals surface area contributed by atoms with Crippen molar-refractivity contribution in [3.05, 3.63) is 16.3 Å². The Hall–Kier alpha value is -0.430. The van der Waals surface area contributed by atoms with Crippen LogP contribution in [0.5, 0.6) is 0 Å². The monoisotopic (exact) mass is 318 g/mol. The van der Waals surface area contributed by atoms with Gasteiger partial charge in [-0.3, -0.25) is 0 Å². The van der Waals surface area contributed by atoms with E-state index >= 15 is 0 Å². The van der Waals surface area contributed by atoms with Gasteiger partial charge in [-0.05, 0) is 37.3 Å². The number of thiophene rings is 1. The van der Waals surface area contributed by atoms with Crippen molar-refractivity contribution >= 4 is 21.4 Å². The van der Waals surface area contributed by atoms with Gasteiger partial charge in [0.05, 0.1) is 4.90 Å². The van der Waals surface area contributed by atoms with E-state index in [-0.39, 0.29) is 6.04 Å². The van der Waals surface area contributed by atoms with Crippen LogP contribution >= 0.6 is 11.3 Å². The van der Waals surface area contributed by atoms with Gasteiger partial charge in [-0.15, -0.1) is 11.3 Å². The first-order valence-corrected chi connectivity index (χ1v) is 9.58. The molecule has 2 N–H and O–H groups in total. The zero-order chi connectivity index (χ0) is 15.2. The molecule has 0 saturated carbocycles. The summed E-state index contributed by atoms with van der Waals surface area (Å²) in [6.45, 7) is 9.65. The van der Waals surface area contributed by atoms with Crippen molar-refractivity contribution in [1.82, 2.24) is 10.0 Å². The van der Waals surface area contributed by atoms with E-state index in [1.807, 2.05) is 12.3 Å². The van der Waals surface area contributed by atoms with Crippen LogP contribution in [0.25, 0.3) is 0 Å². The van der Waals surface area contributed by atoms with Crippen molar-refractivity contribution in [2.24, 2.45) is 5.92 Å². The zero-order valence-corrected chi connectivity index (χ0v) is 14.4. The van der Waals surface area contributed by atoms with Gasteiger partial charge in [0, 0.05) is 17.5 Å². The molecule has 0 bridgehead atoms. The number of nitrogens with one attached hydrogen (secondary N) is 2. The second-order valence-corrected chi connectivity index (χ2v) is 7.86. The van der Waals surface area contributed by atoms with Crippen LogP contribution in [-0.4, -0.2) is 21.0 Å². The number of rotatable bonds is 9. The van der Waals surface area contributed by atoms with Crippen LogP contribution in [0.1, 0.15) is 45.4 Å². The summed E-state index contributed by atoms with van der Waals surface area (Å²) in [5, 5.41) is 5.09. The minimum Gasteiger partial charge on any atom is -0.312 e. The molecule has 116 valence electrons. The molecule has 0 aliphatic carbocycles. The Morgan fingerprint density at radius 1 is 1.30 bits per heavy atom. The molecule has 0 aromatic carbocycles. The highest BCUT2D eigenvalue weighted by atomic mass is 32.2. The van der Waals surface area contributed by atoms with Crippen molar-refractivity contribution < 1.29 is 8.42 Å². The first-order valence-electron chi connectivity index (χ1n) is 7.21. The van der Waals surface area contributed by atoms with Crippen LogP contribution in [0.2, 0.25) is 0 Å². The summed E-state index contributed by atoms with van der Waals surface area (Å²) in [6, 6.07) is 1.64. The molecule has 2 unspecified atom stereocenters. The maximum Gasteiger partial charge on any atom is 0.241 e. The van der Waals surface area contributed by atoms with Gasteiger partial charge in [0.1, 0.15) is 0 Å². The van der Waals surface area contributed by atoms with Gasteiger partial charge < -0.3 is 5.32 Å². The molecule has 1 aromatic rings. The minimum absolute atomic E-state index is 0.0543. The molecule has 1 heterocycles. The molecular formula is C14H26N2O2S2. The quantitative estimate of drug-likeness (QED) is 0.688. The predicted octanol–water partition coefficient (Wildman–Crippen LogP) is 2.96. The minimum atomic E-state index is -3.42. The summed E-state index contributed by atoms with van der Waals surface area (Å²) in [5.74, 6) is 0.324. The fourth-order valence-corrected chi connectivity index (χ4v) is 4.62. The summed E-state index contributed by atoms with van der Waals surface area (Å²) in [7, 11) is -3.42. The van der Waals surface area contributed by atoms with Crippen LogP contribution < -0.4 is 10.0 Å². The molecule has 6 heteroatoms. The molecule has 1 rings (SSSR count). The normalized spacial score (nSPS) is 15.2. The van der Waals surface area contributed by atoms with E-state index in [2.05, 4.69) is 30.8 Å². The van der Waals surface area contributed by atoms with Gasteiger partial charge in [-0.1, -0.05) is 27.2 Å². The van der Waals surface area contributed by atoms with Crippen molar-refractivity contribution in [2.75, 3.05) is 6.54 Å². The molecule has 0 radical (unpaired) electrons. The Balaban J connectivity index is 2.80. The number of hydrogen-bond acceptors (Lipinski definition) is 4. The summed E-state index contributed by atoms with van der Waals surface area (Å²) in [5.41, 5.74) is 0. The van der Waals surface area contributed by atoms with E-state index < -0.39 is 10.0 Å². The highest BCUT2D eigenvalue weighted by Gasteiger charge is 2.23. The van der Waals surface area contributed by atoms with Crippen LogP contribution in [0.15, 0.2) is 16.3 Å². The predicted molar refractivity (Wildman–Crippen MR) is 85.6 cm³/mol. The third-order valence-corrected chi connectivity index (χ3v) is 6.24. The first-order chi connectivity index (χ1) is 9.42. The van der Waals surface area contributed by atoms with Gasteiger partial charge in [0.2, 0.25) is 10.0 Å². The highest BCUT2D eigenvalue weighted by Crippen LogP contribution is 2.22. The topological polar surface area (TPSA) is 58.2 Å². The molecule has 20 heavy (non-hydrogen) atoms. The van der Waals surface area contributed by atoms with Crippen LogP contribution in [-0.2, 0) is 16.6 Å². The van der Waals surface area contributed by atoms with Crippen LogP contribution in [0.4, 0.5) is 0 Å². The molecule has 0 spiro atoms.